The van der Waals surface area contributed by atoms with E-state index in [0.29, 0.717) is 0 Å². The minimum absolute atomic E-state index is 0.161. The van der Waals surface area contributed by atoms with Crippen LogP contribution < -0.4 is 0 Å². The van der Waals surface area contributed by atoms with Gasteiger partial charge in [0, 0.05) is 6.54 Å². The van der Waals surface area contributed by atoms with E-state index in [-0.39, 0.29) is 6.10 Å². The van der Waals surface area contributed by atoms with Crippen LogP contribution >= 0.6 is 0 Å². The van der Waals surface area contributed by atoms with Gasteiger partial charge in [-0.15, -0.1) is 0 Å². The summed E-state index contributed by atoms with van der Waals surface area (Å²) < 4.78 is 0. The highest BCUT2D eigenvalue weighted by atomic mass is 16.3. The van der Waals surface area contributed by atoms with Crippen molar-refractivity contribution in [2.24, 2.45) is 0 Å². The average Bonchev–Trinajstić information content (AvgIpc) is 2.67. The lowest BCUT2D eigenvalue weighted by atomic mass is 10.2. The summed E-state index contributed by atoms with van der Waals surface area (Å²) in [7, 11) is 2.15. The Balaban J connectivity index is 1.93. The summed E-state index contributed by atoms with van der Waals surface area (Å²) in [6.45, 7) is 7.88. The second kappa shape index (κ2) is 7.20. The molecule has 15 heavy (non-hydrogen) atoms. The fourth-order valence-corrected chi connectivity index (χ4v) is 2.09. The lowest BCUT2D eigenvalue weighted by Gasteiger charge is -2.20. The molecule has 1 N–H and O–H groups in total. The molecule has 0 bridgehead atoms. The lowest BCUT2D eigenvalue weighted by molar-refractivity contribution is 0.162. The third kappa shape index (κ3) is 6.13. The predicted octanol–water partition coefficient (Wildman–Crippen LogP) is 1.18. The van der Waals surface area contributed by atoms with Crippen LogP contribution in [-0.2, 0) is 0 Å². The lowest BCUT2D eigenvalue weighted by Crippen LogP contribution is -2.28. The Hall–Kier alpha value is -0.120. The second-order valence-electron chi connectivity index (χ2n) is 4.84. The first kappa shape index (κ1) is 12.9. The monoisotopic (exact) mass is 214 g/mol. The van der Waals surface area contributed by atoms with Crippen molar-refractivity contribution in [2.75, 3.05) is 39.8 Å². The molecule has 0 aromatic heterocycles. The topological polar surface area (TPSA) is 26.7 Å². The first-order chi connectivity index (χ1) is 7.18. The van der Waals surface area contributed by atoms with Crippen LogP contribution in [0.3, 0.4) is 0 Å². The molecule has 0 aliphatic carbocycles. The summed E-state index contributed by atoms with van der Waals surface area (Å²) in [6.07, 6.45) is 4.76. The Kier molecular flexibility index (Phi) is 6.22. The molecule has 1 rings (SSSR count). The van der Waals surface area contributed by atoms with Crippen molar-refractivity contribution >= 4 is 0 Å². The minimum Gasteiger partial charge on any atom is -0.393 e. The van der Waals surface area contributed by atoms with Crippen LogP contribution in [-0.4, -0.2) is 60.8 Å². The zero-order valence-corrected chi connectivity index (χ0v) is 10.3. The summed E-state index contributed by atoms with van der Waals surface area (Å²) >= 11 is 0. The number of hydrogen-bond acceptors (Lipinski definition) is 3. The predicted molar refractivity (Wildman–Crippen MR) is 64.1 cm³/mol. The van der Waals surface area contributed by atoms with Gasteiger partial charge in [0.2, 0.25) is 0 Å². The number of aliphatic hydroxyl groups excluding tert-OH is 1. The second-order valence-corrected chi connectivity index (χ2v) is 4.84. The summed E-state index contributed by atoms with van der Waals surface area (Å²) in [6, 6.07) is 0. The maximum absolute atomic E-state index is 9.16. The van der Waals surface area contributed by atoms with E-state index in [9.17, 15) is 0 Å². The fraction of sp³-hybridized carbons (Fsp3) is 1.00. The zero-order valence-electron chi connectivity index (χ0n) is 10.3. The molecule has 0 radical (unpaired) electrons. The third-order valence-corrected chi connectivity index (χ3v) is 3.14. The molecule has 0 spiro atoms. The highest BCUT2D eigenvalue weighted by Gasteiger charge is 2.10. The third-order valence-electron chi connectivity index (χ3n) is 3.14. The summed E-state index contributed by atoms with van der Waals surface area (Å²) in [5.41, 5.74) is 0. The molecule has 1 unspecified atom stereocenters. The molecule has 1 heterocycles. The molecule has 3 nitrogen and oxygen atoms in total. The molecular weight excluding hydrogens is 188 g/mol. The van der Waals surface area contributed by atoms with Gasteiger partial charge in [0.15, 0.2) is 0 Å². The van der Waals surface area contributed by atoms with E-state index >= 15 is 0 Å². The van der Waals surface area contributed by atoms with Crippen LogP contribution in [0.1, 0.15) is 32.6 Å². The van der Waals surface area contributed by atoms with Gasteiger partial charge in [-0.1, -0.05) is 0 Å². The quantitative estimate of drug-likeness (QED) is 0.689. The summed E-state index contributed by atoms with van der Waals surface area (Å²) in [5.74, 6) is 0. The van der Waals surface area contributed by atoms with Crippen LogP contribution in [0.4, 0.5) is 0 Å². The van der Waals surface area contributed by atoms with Crippen LogP contribution in [0.15, 0.2) is 0 Å². The molecule has 1 saturated heterocycles. The van der Waals surface area contributed by atoms with Gasteiger partial charge < -0.3 is 14.9 Å². The van der Waals surface area contributed by atoms with E-state index < -0.39 is 0 Å². The normalized spacial score (nSPS) is 20.0. The molecule has 0 amide bonds. The molecule has 0 aromatic rings. The molecule has 90 valence electrons. The average molecular weight is 214 g/mol. The molecule has 1 fully saturated rings. The van der Waals surface area contributed by atoms with E-state index in [4.69, 9.17) is 5.11 Å². The van der Waals surface area contributed by atoms with Gasteiger partial charge in [-0.05, 0) is 65.8 Å². The standard InChI is InChI=1S/C12H26N2O/c1-12(15)6-11-13(2)7-5-10-14-8-3-4-9-14/h12,15H,3-11H2,1-2H3. The van der Waals surface area contributed by atoms with E-state index in [2.05, 4.69) is 16.8 Å². The molecule has 0 aromatic carbocycles. The molecule has 1 aliphatic rings. The first-order valence-electron chi connectivity index (χ1n) is 6.27. The number of nitrogens with zero attached hydrogens (tertiary/aromatic N) is 2. The maximum atomic E-state index is 9.16. The van der Waals surface area contributed by atoms with Gasteiger partial charge in [0.25, 0.3) is 0 Å². The van der Waals surface area contributed by atoms with Crippen molar-refractivity contribution in [3.05, 3.63) is 0 Å². The molecule has 0 saturated carbocycles. The van der Waals surface area contributed by atoms with Crippen LogP contribution in [0, 0.1) is 0 Å². The van der Waals surface area contributed by atoms with Gasteiger partial charge in [-0.2, -0.15) is 0 Å². The number of likely N-dealkylation sites (tertiary alicyclic amines) is 1. The van der Waals surface area contributed by atoms with E-state index in [1.165, 1.54) is 38.9 Å². The highest BCUT2D eigenvalue weighted by Crippen LogP contribution is 2.07. The number of aliphatic hydroxyl groups is 1. The summed E-state index contributed by atoms with van der Waals surface area (Å²) in [5, 5.41) is 9.16. The molecular formula is C12H26N2O. The molecule has 1 aliphatic heterocycles. The van der Waals surface area contributed by atoms with Crippen molar-refractivity contribution in [3.63, 3.8) is 0 Å². The highest BCUT2D eigenvalue weighted by molar-refractivity contribution is 4.66. The van der Waals surface area contributed by atoms with Crippen molar-refractivity contribution in [2.45, 2.75) is 38.7 Å². The van der Waals surface area contributed by atoms with Crippen molar-refractivity contribution in [3.8, 4) is 0 Å². The molecule has 1 atom stereocenters. The van der Waals surface area contributed by atoms with Gasteiger partial charge in [0.05, 0.1) is 6.10 Å². The Morgan fingerprint density at radius 1 is 1.27 bits per heavy atom. The molecule has 3 heteroatoms. The first-order valence-corrected chi connectivity index (χ1v) is 6.27. The van der Waals surface area contributed by atoms with Crippen LogP contribution in [0.5, 0.6) is 0 Å². The Morgan fingerprint density at radius 3 is 2.53 bits per heavy atom. The Labute approximate surface area is 94.1 Å². The number of hydrogen-bond donors (Lipinski definition) is 1. The zero-order chi connectivity index (χ0) is 11.1. The Bertz CT molecular complexity index is 156. The fourth-order valence-electron chi connectivity index (χ4n) is 2.09. The minimum atomic E-state index is -0.161. The van der Waals surface area contributed by atoms with E-state index in [1.54, 1.807) is 0 Å². The van der Waals surface area contributed by atoms with Crippen molar-refractivity contribution < 1.29 is 5.11 Å². The van der Waals surface area contributed by atoms with Gasteiger partial charge in [0.1, 0.15) is 0 Å². The van der Waals surface area contributed by atoms with Gasteiger partial charge in [-0.25, -0.2) is 0 Å². The van der Waals surface area contributed by atoms with E-state index in [1.807, 2.05) is 6.92 Å². The largest absolute Gasteiger partial charge is 0.393 e. The van der Waals surface area contributed by atoms with Gasteiger partial charge >= 0.3 is 0 Å². The van der Waals surface area contributed by atoms with Crippen molar-refractivity contribution in [1.29, 1.82) is 0 Å². The summed E-state index contributed by atoms with van der Waals surface area (Å²) in [4.78, 5) is 4.88. The van der Waals surface area contributed by atoms with Crippen molar-refractivity contribution in [1.82, 2.24) is 9.80 Å². The maximum Gasteiger partial charge on any atom is 0.0524 e. The number of rotatable bonds is 7. The van der Waals surface area contributed by atoms with Crippen LogP contribution in [0.25, 0.3) is 0 Å². The van der Waals surface area contributed by atoms with Gasteiger partial charge in [-0.3, -0.25) is 0 Å². The smallest absolute Gasteiger partial charge is 0.0524 e. The SMILES string of the molecule is CC(O)CCN(C)CCCN1CCCC1. The van der Waals surface area contributed by atoms with Crippen LogP contribution in [0.2, 0.25) is 0 Å². The van der Waals surface area contributed by atoms with E-state index in [0.717, 1.165) is 19.5 Å². The Morgan fingerprint density at radius 2 is 1.93 bits per heavy atom.